The minimum atomic E-state index is -0.0589. The molecule has 0 bridgehead atoms. The highest BCUT2D eigenvalue weighted by atomic mass is 35.5. The summed E-state index contributed by atoms with van der Waals surface area (Å²) in [4.78, 5) is 11.4. The molecule has 1 rings (SSSR count). The molecule has 6 heteroatoms. The first kappa shape index (κ1) is 14.7. The second-order valence-corrected chi connectivity index (χ2v) is 4.38. The summed E-state index contributed by atoms with van der Waals surface area (Å²) in [7, 11) is 0. The Balaban J connectivity index is 2.65. The molecule has 1 aromatic carbocycles. The standard InChI is InChI=1S/C12H15ClN2O2S/c1-2-15-10(16)6-7-17-9-5-3-4-8(13)11(9)12(14)18/h3-5H,2,6-7H2,1H3,(H2,14,18)(H,15,16). The SMILES string of the molecule is CCNC(=O)CCOc1cccc(Cl)c1C(N)=S. The van der Waals surface area contributed by atoms with E-state index in [0.29, 0.717) is 22.9 Å². The van der Waals surface area contributed by atoms with Crippen molar-refractivity contribution < 1.29 is 9.53 Å². The van der Waals surface area contributed by atoms with Crippen molar-refractivity contribution in [3.05, 3.63) is 28.8 Å². The lowest BCUT2D eigenvalue weighted by atomic mass is 10.2. The fraction of sp³-hybridized carbons (Fsp3) is 0.333. The van der Waals surface area contributed by atoms with Crippen molar-refractivity contribution in [3.63, 3.8) is 0 Å². The molecule has 4 nitrogen and oxygen atoms in total. The predicted octanol–water partition coefficient (Wildman–Crippen LogP) is 1.88. The Kier molecular flexibility index (Phi) is 5.88. The Labute approximate surface area is 116 Å². The van der Waals surface area contributed by atoms with Crippen LogP contribution < -0.4 is 15.8 Å². The number of carbonyl (C=O) groups is 1. The summed E-state index contributed by atoms with van der Waals surface area (Å²) in [5.74, 6) is 0.440. The first-order valence-electron chi connectivity index (χ1n) is 5.54. The number of rotatable bonds is 6. The normalized spacial score (nSPS) is 9.89. The van der Waals surface area contributed by atoms with Crippen molar-refractivity contribution in [2.24, 2.45) is 5.73 Å². The lowest BCUT2D eigenvalue weighted by Gasteiger charge is -2.11. The molecule has 1 amide bonds. The quantitative estimate of drug-likeness (QED) is 0.784. The van der Waals surface area contributed by atoms with Crippen LogP contribution in [0.2, 0.25) is 5.02 Å². The van der Waals surface area contributed by atoms with Gasteiger partial charge in [-0.05, 0) is 19.1 Å². The Morgan fingerprint density at radius 2 is 2.28 bits per heavy atom. The van der Waals surface area contributed by atoms with Gasteiger partial charge in [-0.15, -0.1) is 0 Å². The Bertz CT molecular complexity index is 452. The zero-order chi connectivity index (χ0) is 13.5. The Hall–Kier alpha value is -1.33. The van der Waals surface area contributed by atoms with Gasteiger partial charge in [-0.3, -0.25) is 4.79 Å². The van der Waals surface area contributed by atoms with Gasteiger partial charge in [0.15, 0.2) is 0 Å². The van der Waals surface area contributed by atoms with E-state index >= 15 is 0 Å². The van der Waals surface area contributed by atoms with Gasteiger partial charge in [0.05, 0.1) is 23.6 Å². The molecule has 0 spiro atoms. The molecular weight excluding hydrogens is 272 g/mol. The van der Waals surface area contributed by atoms with Crippen LogP contribution in [0.1, 0.15) is 18.9 Å². The number of benzene rings is 1. The molecule has 0 aromatic heterocycles. The summed E-state index contributed by atoms with van der Waals surface area (Å²) in [6.07, 6.45) is 0.275. The third-order valence-corrected chi connectivity index (χ3v) is 2.70. The number of carbonyl (C=O) groups excluding carboxylic acids is 1. The minimum Gasteiger partial charge on any atom is -0.492 e. The van der Waals surface area contributed by atoms with Crippen LogP contribution in [0.5, 0.6) is 5.75 Å². The fourth-order valence-electron chi connectivity index (χ4n) is 1.40. The van der Waals surface area contributed by atoms with Crippen molar-refractivity contribution in [1.82, 2.24) is 5.32 Å². The number of ether oxygens (including phenoxy) is 1. The third-order valence-electron chi connectivity index (χ3n) is 2.18. The highest BCUT2D eigenvalue weighted by Crippen LogP contribution is 2.26. The van der Waals surface area contributed by atoms with Crippen LogP contribution in [0, 0.1) is 0 Å². The largest absolute Gasteiger partial charge is 0.492 e. The van der Waals surface area contributed by atoms with E-state index < -0.39 is 0 Å². The number of amides is 1. The summed E-state index contributed by atoms with van der Waals surface area (Å²) in [6, 6.07) is 5.15. The number of thiocarbonyl (C=S) groups is 1. The summed E-state index contributed by atoms with van der Waals surface area (Å²) in [5.41, 5.74) is 6.09. The highest BCUT2D eigenvalue weighted by Gasteiger charge is 2.11. The van der Waals surface area contributed by atoms with Crippen LogP contribution >= 0.6 is 23.8 Å². The van der Waals surface area contributed by atoms with Crippen LogP contribution in [0.4, 0.5) is 0 Å². The van der Waals surface area contributed by atoms with Gasteiger partial charge in [-0.2, -0.15) is 0 Å². The molecule has 0 saturated carbocycles. The van der Waals surface area contributed by atoms with Gasteiger partial charge in [-0.25, -0.2) is 0 Å². The number of hydrogen-bond acceptors (Lipinski definition) is 3. The third kappa shape index (κ3) is 4.16. The van der Waals surface area contributed by atoms with Gasteiger partial charge in [0.2, 0.25) is 5.91 Å². The molecule has 18 heavy (non-hydrogen) atoms. The summed E-state index contributed by atoms with van der Waals surface area (Å²) in [6.45, 7) is 2.72. The van der Waals surface area contributed by atoms with Crippen molar-refractivity contribution in [1.29, 1.82) is 0 Å². The number of hydrogen-bond donors (Lipinski definition) is 2. The van der Waals surface area contributed by atoms with Gasteiger partial charge in [0, 0.05) is 6.54 Å². The second-order valence-electron chi connectivity index (χ2n) is 3.53. The molecule has 0 aliphatic carbocycles. The second kappa shape index (κ2) is 7.18. The predicted molar refractivity (Wildman–Crippen MR) is 76.1 cm³/mol. The van der Waals surface area contributed by atoms with E-state index in [1.165, 1.54) is 0 Å². The van der Waals surface area contributed by atoms with E-state index in [1.54, 1.807) is 18.2 Å². The number of nitrogens with two attached hydrogens (primary N) is 1. The van der Waals surface area contributed by atoms with Gasteiger partial charge in [0.25, 0.3) is 0 Å². The molecule has 98 valence electrons. The maximum Gasteiger partial charge on any atom is 0.223 e. The summed E-state index contributed by atoms with van der Waals surface area (Å²) in [5, 5.41) is 3.13. The molecule has 0 saturated heterocycles. The van der Waals surface area contributed by atoms with E-state index in [9.17, 15) is 4.79 Å². The highest BCUT2D eigenvalue weighted by molar-refractivity contribution is 7.80. The summed E-state index contributed by atoms with van der Waals surface area (Å²) >= 11 is 10.9. The topological polar surface area (TPSA) is 64.3 Å². The van der Waals surface area contributed by atoms with E-state index in [2.05, 4.69) is 5.32 Å². The maximum absolute atomic E-state index is 11.3. The van der Waals surface area contributed by atoms with Gasteiger partial charge in [-0.1, -0.05) is 29.9 Å². The Morgan fingerprint density at radius 3 is 2.89 bits per heavy atom. The first-order chi connectivity index (χ1) is 8.56. The first-order valence-corrected chi connectivity index (χ1v) is 6.32. The van der Waals surface area contributed by atoms with Crippen LogP contribution in [0.25, 0.3) is 0 Å². The molecule has 0 aliphatic heterocycles. The van der Waals surface area contributed by atoms with Crippen LogP contribution in [-0.2, 0) is 4.79 Å². The molecule has 1 aromatic rings. The van der Waals surface area contributed by atoms with E-state index in [1.807, 2.05) is 6.92 Å². The van der Waals surface area contributed by atoms with E-state index in [4.69, 9.17) is 34.3 Å². The summed E-state index contributed by atoms with van der Waals surface area (Å²) < 4.78 is 5.48. The van der Waals surface area contributed by atoms with Crippen LogP contribution in [-0.4, -0.2) is 24.0 Å². The van der Waals surface area contributed by atoms with E-state index in [-0.39, 0.29) is 23.9 Å². The van der Waals surface area contributed by atoms with E-state index in [0.717, 1.165) is 0 Å². The molecule has 0 aliphatic rings. The average Bonchev–Trinajstić information content (AvgIpc) is 2.28. The molecule has 0 radical (unpaired) electrons. The lowest BCUT2D eigenvalue weighted by molar-refractivity contribution is -0.121. The zero-order valence-corrected chi connectivity index (χ0v) is 11.6. The van der Waals surface area contributed by atoms with Crippen molar-refractivity contribution >= 4 is 34.7 Å². The molecular formula is C12H15ClN2O2S. The van der Waals surface area contributed by atoms with Crippen molar-refractivity contribution in [2.45, 2.75) is 13.3 Å². The van der Waals surface area contributed by atoms with Crippen LogP contribution in [0.3, 0.4) is 0 Å². The molecule has 0 heterocycles. The number of nitrogens with one attached hydrogen (secondary N) is 1. The smallest absolute Gasteiger partial charge is 0.223 e. The molecule has 3 N–H and O–H groups in total. The molecule has 0 atom stereocenters. The van der Waals surface area contributed by atoms with Crippen molar-refractivity contribution in [2.75, 3.05) is 13.2 Å². The maximum atomic E-state index is 11.3. The molecule has 0 unspecified atom stereocenters. The molecule has 0 fully saturated rings. The fourth-order valence-corrected chi connectivity index (χ4v) is 1.94. The van der Waals surface area contributed by atoms with Crippen molar-refractivity contribution in [3.8, 4) is 5.75 Å². The van der Waals surface area contributed by atoms with Gasteiger partial charge in [0.1, 0.15) is 10.7 Å². The number of halogens is 1. The Morgan fingerprint density at radius 1 is 1.56 bits per heavy atom. The lowest BCUT2D eigenvalue weighted by Crippen LogP contribution is -2.24. The van der Waals surface area contributed by atoms with Crippen LogP contribution in [0.15, 0.2) is 18.2 Å². The average molecular weight is 287 g/mol. The van der Waals surface area contributed by atoms with Gasteiger partial charge >= 0.3 is 0 Å². The zero-order valence-electron chi connectivity index (χ0n) is 10.0. The van der Waals surface area contributed by atoms with Gasteiger partial charge < -0.3 is 15.8 Å². The monoisotopic (exact) mass is 286 g/mol. The minimum absolute atomic E-state index is 0.0589.